The lowest BCUT2D eigenvalue weighted by Gasteiger charge is -2.10. The van der Waals surface area contributed by atoms with E-state index >= 15 is 0 Å². The number of hydrogen-bond donors (Lipinski definition) is 2. The number of benzene rings is 1. The Kier molecular flexibility index (Phi) is 5.02. The van der Waals surface area contributed by atoms with Gasteiger partial charge in [-0.2, -0.15) is 4.73 Å². The van der Waals surface area contributed by atoms with E-state index in [2.05, 4.69) is 5.32 Å². The zero-order valence-corrected chi connectivity index (χ0v) is 12.8. The van der Waals surface area contributed by atoms with Crippen LogP contribution in [-0.4, -0.2) is 28.3 Å². The Morgan fingerprint density at radius 1 is 1.35 bits per heavy atom. The van der Waals surface area contributed by atoms with E-state index in [-0.39, 0.29) is 0 Å². The van der Waals surface area contributed by atoms with Crippen LogP contribution in [0.25, 0.3) is 0 Å². The van der Waals surface area contributed by atoms with E-state index in [4.69, 9.17) is 21.5 Å². The highest BCUT2D eigenvalue weighted by Crippen LogP contribution is 2.22. The molecular weight excluding hydrogens is 324 g/mol. The third-order valence-corrected chi connectivity index (χ3v) is 3.19. The molecule has 120 valence electrons. The quantitative estimate of drug-likeness (QED) is 0.863. The number of rotatable bonds is 5. The number of aromatic carboxylic acids is 1. The molecule has 0 spiro atoms. The van der Waals surface area contributed by atoms with Crippen molar-refractivity contribution < 1.29 is 19.5 Å². The molecule has 23 heavy (non-hydrogen) atoms. The summed E-state index contributed by atoms with van der Waals surface area (Å²) in [5, 5.41) is 11.8. The third-order valence-electron chi connectivity index (χ3n) is 2.88. The van der Waals surface area contributed by atoms with E-state index in [1.807, 2.05) is 6.92 Å². The third kappa shape index (κ3) is 4.10. The van der Waals surface area contributed by atoms with Gasteiger partial charge in [0.1, 0.15) is 5.56 Å². The normalized spacial score (nSPS) is 10.2. The van der Waals surface area contributed by atoms with Crippen LogP contribution in [0.3, 0.4) is 0 Å². The number of nitrogens with one attached hydrogen (secondary N) is 1. The van der Waals surface area contributed by atoms with Crippen molar-refractivity contribution in [3.63, 3.8) is 0 Å². The van der Waals surface area contributed by atoms with Crippen molar-refractivity contribution in [2.24, 2.45) is 0 Å². The van der Waals surface area contributed by atoms with Crippen molar-refractivity contribution in [1.29, 1.82) is 0 Å². The molecule has 2 aromatic rings. The van der Waals surface area contributed by atoms with Gasteiger partial charge in [0.2, 0.25) is 0 Å². The lowest BCUT2D eigenvalue weighted by molar-refractivity contribution is -0.120. The Hall–Kier alpha value is -2.80. The molecule has 0 bridgehead atoms. The van der Waals surface area contributed by atoms with Crippen LogP contribution < -0.4 is 15.7 Å². The molecule has 2 rings (SSSR count). The van der Waals surface area contributed by atoms with E-state index in [0.717, 1.165) is 11.6 Å². The maximum absolute atomic E-state index is 11.8. The van der Waals surface area contributed by atoms with E-state index in [1.165, 1.54) is 12.3 Å². The van der Waals surface area contributed by atoms with E-state index in [0.29, 0.717) is 15.4 Å². The predicted molar refractivity (Wildman–Crippen MR) is 83.9 cm³/mol. The molecule has 7 nitrogen and oxygen atoms in total. The number of anilines is 1. The Bertz CT molecular complexity index is 816. The molecule has 1 heterocycles. The van der Waals surface area contributed by atoms with E-state index in [1.54, 1.807) is 18.2 Å². The van der Waals surface area contributed by atoms with E-state index in [9.17, 15) is 14.4 Å². The van der Waals surface area contributed by atoms with Crippen LogP contribution in [-0.2, 0) is 4.79 Å². The molecule has 0 aliphatic rings. The van der Waals surface area contributed by atoms with Crippen LogP contribution in [0.1, 0.15) is 15.9 Å². The maximum Gasteiger partial charge on any atom is 0.341 e. The van der Waals surface area contributed by atoms with Gasteiger partial charge in [0.25, 0.3) is 11.5 Å². The van der Waals surface area contributed by atoms with Gasteiger partial charge in [0, 0.05) is 6.20 Å². The van der Waals surface area contributed by atoms with Crippen LogP contribution in [0.15, 0.2) is 41.3 Å². The second-order valence-corrected chi connectivity index (χ2v) is 5.07. The second kappa shape index (κ2) is 6.97. The molecule has 0 atom stereocenters. The monoisotopic (exact) mass is 336 g/mol. The number of carbonyl (C=O) groups excluding carboxylic acids is 1. The fourth-order valence-corrected chi connectivity index (χ4v) is 2.06. The highest BCUT2D eigenvalue weighted by Gasteiger charge is 2.12. The summed E-state index contributed by atoms with van der Waals surface area (Å²) in [5.41, 5.74) is 0.0504. The zero-order chi connectivity index (χ0) is 17.0. The van der Waals surface area contributed by atoms with Gasteiger partial charge < -0.3 is 15.3 Å². The number of halogens is 1. The van der Waals surface area contributed by atoms with Gasteiger partial charge in [0.05, 0.1) is 10.7 Å². The number of nitrogens with zero attached hydrogens (tertiary/aromatic N) is 1. The minimum absolute atomic E-state index is 0.378. The predicted octanol–water partition coefficient (Wildman–Crippen LogP) is 1.58. The summed E-state index contributed by atoms with van der Waals surface area (Å²) < 4.78 is 0.694. The van der Waals surface area contributed by atoms with Crippen molar-refractivity contribution in [2.45, 2.75) is 6.92 Å². The standard InChI is InChI=1S/C15H13ClN2O5/c1-9-4-5-12(11(16)7-9)17-13(19)8-23-18-6-2-3-10(14(18)20)15(21)22/h2-7H,8H2,1H3,(H,17,19)(H,21,22). The van der Waals surface area contributed by atoms with Crippen molar-refractivity contribution in [3.05, 3.63) is 63.0 Å². The van der Waals surface area contributed by atoms with Gasteiger partial charge in [-0.15, -0.1) is 0 Å². The summed E-state index contributed by atoms with van der Waals surface area (Å²) in [4.78, 5) is 39.5. The zero-order valence-electron chi connectivity index (χ0n) is 12.1. The van der Waals surface area contributed by atoms with Gasteiger partial charge in [-0.1, -0.05) is 17.7 Å². The molecule has 8 heteroatoms. The van der Waals surface area contributed by atoms with Gasteiger partial charge in [0.15, 0.2) is 6.61 Å². The summed E-state index contributed by atoms with van der Waals surface area (Å²) >= 11 is 6.00. The van der Waals surface area contributed by atoms with Gasteiger partial charge in [-0.05, 0) is 36.8 Å². The fourth-order valence-electron chi connectivity index (χ4n) is 1.78. The highest BCUT2D eigenvalue weighted by atomic mass is 35.5. The molecule has 0 saturated carbocycles. The number of aromatic nitrogens is 1. The summed E-state index contributed by atoms with van der Waals surface area (Å²) in [6, 6.07) is 7.60. The second-order valence-electron chi connectivity index (χ2n) is 4.66. The summed E-state index contributed by atoms with van der Waals surface area (Å²) in [6.07, 6.45) is 1.22. The van der Waals surface area contributed by atoms with Crippen LogP contribution in [0.5, 0.6) is 0 Å². The van der Waals surface area contributed by atoms with Crippen molar-refractivity contribution >= 4 is 29.2 Å². The molecule has 1 aromatic carbocycles. The minimum atomic E-state index is -1.37. The van der Waals surface area contributed by atoms with Gasteiger partial charge in [-0.25, -0.2) is 4.79 Å². The van der Waals surface area contributed by atoms with Crippen LogP contribution >= 0.6 is 11.6 Å². The molecule has 0 unspecified atom stereocenters. The molecule has 0 fully saturated rings. The summed E-state index contributed by atoms with van der Waals surface area (Å²) in [7, 11) is 0. The number of carboxylic acid groups (broad SMARTS) is 1. The molecule has 1 amide bonds. The average molecular weight is 337 g/mol. The fraction of sp³-hybridized carbons (Fsp3) is 0.133. The largest absolute Gasteiger partial charge is 0.477 e. The maximum atomic E-state index is 11.8. The number of amides is 1. The Morgan fingerprint density at radius 3 is 2.74 bits per heavy atom. The van der Waals surface area contributed by atoms with Crippen molar-refractivity contribution in [2.75, 3.05) is 11.9 Å². The molecule has 0 saturated heterocycles. The first-order valence-electron chi connectivity index (χ1n) is 6.52. The first-order chi connectivity index (χ1) is 10.9. The smallest absolute Gasteiger partial charge is 0.341 e. The first kappa shape index (κ1) is 16.6. The van der Waals surface area contributed by atoms with E-state index < -0.39 is 29.6 Å². The molecule has 0 aliphatic carbocycles. The molecular formula is C15H13ClN2O5. The highest BCUT2D eigenvalue weighted by molar-refractivity contribution is 6.33. The Balaban J connectivity index is 2.04. The Morgan fingerprint density at radius 2 is 2.09 bits per heavy atom. The minimum Gasteiger partial charge on any atom is -0.477 e. The van der Waals surface area contributed by atoms with Gasteiger partial charge >= 0.3 is 5.97 Å². The lowest BCUT2D eigenvalue weighted by Crippen LogP contribution is -2.34. The van der Waals surface area contributed by atoms with Crippen molar-refractivity contribution in [1.82, 2.24) is 4.73 Å². The van der Waals surface area contributed by atoms with Crippen molar-refractivity contribution in [3.8, 4) is 0 Å². The summed E-state index contributed by atoms with van der Waals surface area (Å²) in [6.45, 7) is 1.38. The number of pyridine rings is 1. The number of aryl methyl sites for hydroxylation is 1. The van der Waals surface area contributed by atoms with Gasteiger partial charge in [-0.3, -0.25) is 9.59 Å². The SMILES string of the molecule is Cc1ccc(NC(=O)COn2cccc(C(=O)O)c2=O)c(Cl)c1. The van der Waals surface area contributed by atoms with Crippen LogP contribution in [0.2, 0.25) is 5.02 Å². The molecule has 0 aliphatic heterocycles. The number of carbonyl (C=O) groups is 2. The number of carboxylic acids is 1. The average Bonchev–Trinajstić information content (AvgIpc) is 2.49. The molecule has 0 radical (unpaired) electrons. The Labute approximate surface area is 136 Å². The topological polar surface area (TPSA) is 97.6 Å². The lowest BCUT2D eigenvalue weighted by atomic mass is 10.2. The first-order valence-corrected chi connectivity index (χ1v) is 6.90. The van der Waals surface area contributed by atoms with Crippen LogP contribution in [0.4, 0.5) is 5.69 Å². The molecule has 1 aromatic heterocycles. The number of hydrogen-bond acceptors (Lipinski definition) is 4. The summed E-state index contributed by atoms with van der Waals surface area (Å²) in [5.74, 6) is -1.91. The molecule has 2 N–H and O–H groups in total. The van der Waals surface area contributed by atoms with Crippen LogP contribution in [0, 0.1) is 6.92 Å².